The van der Waals surface area contributed by atoms with Gasteiger partial charge in [-0.2, -0.15) is 0 Å². The largest absolute Gasteiger partial charge is 0.332 e. The van der Waals surface area contributed by atoms with Crippen molar-refractivity contribution < 1.29 is 13.2 Å². The van der Waals surface area contributed by atoms with Gasteiger partial charge in [-0.3, -0.25) is 4.98 Å². The van der Waals surface area contributed by atoms with E-state index in [0.29, 0.717) is 18.5 Å². The van der Waals surface area contributed by atoms with Crippen LogP contribution in [0.4, 0.5) is 10.5 Å². The second kappa shape index (κ2) is 8.73. The molecule has 2 amide bonds. The lowest BCUT2D eigenvalue weighted by Gasteiger charge is -2.30. The Morgan fingerprint density at radius 1 is 1.13 bits per heavy atom. The number of fused-ring (bicyclic) bond motifs is 1. The number of aryl methyl sites for hydroxylation is 1. The van der Waals surface area contributed by atoms with Gasteiger partial charge in [-0.15, -0.1) is 0 Å². The van der Waals surface area contributed by atoms with Crippen LogP contribution in [0.2, 0.25) is 0 Å². The quantitative estimate of drug-likeness (QED) is 0.763. The number of hydrogen-bond acceptors (Lipinski definition) is 5. The highest BCUT2D eigenvalue weighted by Crippen LogP contribution is 2.37. The molecule has 0 radical (unpaired) electrons. The predicted molar refractivity (Wildman–Crippen MR) is 118 cm³/mol. The number of sulfonamides is 1. The maximum atomic E-state index is 12.8. The molecule has 30 heavy (non-hydrogen) atoms. The lowest BCUT2D eigenvalue weighted by molar-refractivity contribution is 0.240. The molecule has 160 valence electrons. The van der Waals surface area contributed by atoms with Crippen LogP contribution in [0.15, 0.2) is 36.7 Å². The number of amides is 2. The lowest BCUT2D eigenvalue weighted by atomic mass is 9.98. The van der Waals surface area contributed by atoms with E-state index < -0.39 is 21.3 Å². The van der Waals surface area contributed by atoms with E-state index in [1.165, 1.54) is 5.56 Å². The summed E-state index contributed by atoms with van der Waals surface area (Å²) in [5.41, 5.74) is 4.81. The molecule has 2 N–H and O–H groups in total. The number of nitrogens with zero attached hydrogens (tertiary/aromatic N) is 2. The molecule has 7 nitrogen and oxygen atoms in total. The van der Waals surface area contributed by atoms with Crippen LogP contribution in [0, 0.1) is 0 Å². The molecule has 0 saturated carbocycles. The van der Waals surface area contributed by atoms with Crippen molar-refractivity contribution in [2.24, 2.45) is 0 Å². The van der Waals surface area contributed by atoms with Crippen molar-refractivity contribution in [2.45, 2.75) is 44.3 Å². The summed E-state index contributed by atoms with van der Waals surface area (Å²) in [6.45, 7) is 4.46. The van der Waals surface area contributed by atoms with Crippen LogP contribution in [0.5, 0.6) is 0 Å². The van der Waals surface area contributed by atoms with Crippen LogP contribution in [0.3, 0.4) is 0 Å². The number of rotatable bonds is 5. The zero-order valence-corrected chi connectivity index (χ0v) is 18.0. The molecule has 1 saturated heterocycles. The van der Waals surface area contributed by atoms with Gasteiger partial charge in [-0.25, -0.2) is 17.9 Å². The van der Waals surface area contributed by atoms with Gasteiger partial charge in [0.05, 0.1) is 10.9 Å². The van der Waals surface area contributed by atoms with Crippen LogP contribution >= 0.6 is 0 Å². The molecule has 8 heteroatoms. The number of nitrogens with one attached hydrogen (secondary N) is 2. The second-order valence-corrected chi connectivity index (χ2v) is 9.91. The highest BCUT2D eigenvalue weighted by atomic mass is 32.2. The van der Waals surface area contributed by atoms with Gasteiger partial charge in [0.15, 0.2) is 0 Å². The number of anilines is 1. The topological polar surface area (TPSA) is 91.4 Å². The fourth-order valence-electron chi connectivity index (χ4n) is 4.47. The van der Waals surface area contributed by atoms with E-state index in [0.717, 1.165) is 55.6 Å². The number of carbonyl (C=O) groups is 1. The highest BCUT2D eigenvalue weighted by molar-refractivity contribution is 7.90. The standard InChI is InChI=1S/C22H28N4O3S/c1-2-26-14-10-18(11-15-26)30(28,29)25-22(27)24-21-19-5-3-4-16(19)6-7-20(21)17-8-12-23-13-9-17/h6-9,12-13,18H,2-5,10-11,14-15H2,1H3,(H2,24,25,27). The van der Waals surface area contributed by atoms with Gasteiger partial charge < -0.3 is 10.2 Å². The summed E-state index contributed by atoms with van der Waals surface area (Å²) < 4.78 is 27.8. The molecule has 1 fully saturated rings. The summed E-state index contributed by atoms with van der Waals surface area (Å²) in [6, 6.07) is 7.17. The van der Waals surface area contributed by atoms with Crippen molar-refractivity contribution >= 4 is 21.7 Å². The van der Waals surface area contributed by atoms with Gasteiger partial charge in [0.25, 0.3) is 0 Å². The number of hydrogen-bond donors (Lipinski definition) is 2. The summed E-state index contributed by atoms with van der Waals surface area (Å²) in [5, 5.41) is 2.33. The van der Waals surface area contributed by atoms with E-state index in [4.69, 9.17) is 0 Å². The number of aromatic nitrogens is 1. The molecule has 1 aliphatic carbocycles. The third-order valence-corrected chi connectivity index (χ3v) is 7.99. The average molecular weight is 429 g/mol. The number of likely N-dealkylation sites (tertiary alicyclic amines) is 1. The Bertz CT molecular complexity index is 1020. The molecule has 1 aromatic heterocycles. The van der Waals surface area contributed by atoms with Crippen molar-refractivity contribution in [3.05, 3.63) is 47.8 Å². The van der Waals surface area contributed by atoms with Crippen LogP contribution < -0.4 is 10.0 Å². The summed E-state index contributed by atoms with van der Waals surface area (Å²) >= 11 is 0. The Kier molecular flexibility index (Phi) is 6.06. The maximum absolute atomic E-state index is 12.8. The Labute approximate surface area is 177 Å². The molecule has 1 aliphatic heterocycles. The molecule has 0 unspecified atom stereocenters. The van der Waals surface area contributed by atoms with E-state index in [1.807, 2.05) is 18.2 Å². The SMILES string of the molecule is CCN1CCC(S(=O)(=O)NC(=O)Nc2c(-c3ccncc3)ccc3c2CCC3)CC1. The van der Waals surface area contributed by atoms with Gasteiger partial charge in [0, 0.05) is 18.0 Å². The number of pyridine rings is 1. The first kappa shape index (κ1) is 20.8. The average Bonchev–Trinajstić information content (AvgIpc) is 3.23. The minimum atomic E-state index is -3.72. The second-order valence-electron chi connectivity index (χ2n) is 7.95. The number of carbonyl (C=O) groups excluding carboxylic acids is 1. The normalized spacial score (nSPS) is 17.5. The first-order valence-electron chi connectivity index (χ1n) is 10.6. The van der Waals surface area contributed by atoms with Crippen molar-refractivity contribution in [1.82, 2.24) is 14.6 Å². The van der Waals surface area contributed by atoms with E-state index in [-0.39, 0.29) is 0 Å². The first-order valence-corrected chi connectivity index (χ1v) is 12.1. The van der Waals surface area contributed by atoms with Crippen molar-refractivity contribution in [2.75, 3.05) is 25.0 Å². The van der Waals surface area contributed by atoms with E-state index in [1.54, 1.807) is 12.4 Å². The van der Waals surface area contributed by atoms with Gasteiger partial charge >= 0.3 is 6.03 Å². The molecular weight excluding hydrogens is 400 g/mol. The zero-order chi connectivity index (χ0) is 21.1. The Hall–Kier alpha value is -2.45. The van der Waals surface area contributed by atoms with Crippen LogP contribution in [0.1, 0.15) is 37.3 Å². The van der Waals surface area contributed by atoms with Crippen molar-refractivity contribution in [3.8, 4) is 11.1 Å². The van der Waals surface area contributed by atoms with Gasteiger partial charge in [0.2, 0.25) is 10.0 Å². The summed E-state index contributed by atoms with van der Waals surface area (Å²) in [7, 11) is -3.72. The van der Waals surface area contributed by atoms with Crippen LogP contribution in [-0.2, 0) is 22.9 Å². The molecular formula is C22H28N4O3S. The van der Waals surface area contributed by atoms with Crippen molar-refractivity contribution in [3.63, 3.8) is 0 Å². The molecule has 2 aliphatic rings. The molecule has 2 heterocycles. The highest BCUT2D eigenvalue weighted by Gasteiger charge is 2.31. The van der Waals surface area contributed by atoms with E-state index in [2.05, 4.69) is 32.9 Å². The molecule has 4 rings (SSSR count). The molecule has 0 bridgehead atoms. The molecule has 0 spiro atoms. The Balaban J connectivity index is 1.54. The van der Waals surface area contributed by atoms with Gasteiger partial charge in [-0.1, -0.05) is 19.1 Å². The summed E-state index contributed by atoms with van der Waals surface area (Å²) in [5.74, 6) is 0. The molecule has 2 aromatic rings. The summed E-state index contributed by atoms with van der Waals surface area (Å²) in [4.78, 5) is 19.0. The van der Waals surface area contributed by atoms with E-state index >= 15 is 0 Å². The fraction of sp³-hybridized carbons (Fsp3) is 0.455. The number of piperidine rings is 1. The van der Waals surface area contributed by atoms with E-state index in [9.17, 15) is 13.2 Å². The smallest absolute Gasteiger partial charge is 0.306 e. The third-order valence-electron chi connectivity index (χ3n) is 6.17. The first-order chi connectivity index (χ1) is 14.5. The monoisotopic (exact) mass is 428 g/mol. The fourth-order valence-corrected chi connectivity index (χ4v) is 5.78. The predicted octanol–water partition coefficient (Wildman–Crippen LogP) is 3.17. The number of urea groups is 1. The third kappa shape index (κ3) is 4.34. The Morgan fingerprint density at radius 2 is 1.87 bits per heavy atom. The zero-order valence-electron chi connectivity index (χ0n) is 17.2. The number of benzene rings is 1. The minimum Gasteiger partial charge on any atom is -0.306 e. The summed E-state index contributed by atoms with van der Waals surface area (Å²) in [6.07, 6.45) is 7.36. The molecule has 0 atom stereocenters. The molecule has 1 aromatic carbocycles. The van der Waals surface area contributed by atoms with Crippen LogP contribution in [0.25, 0.3) is 11.1 Å². The lowest BCUT2D eigenvalue weighted by Crippen LogP contribution is -2.46. The van der Waals surface area contributed by atoms with Gasteiger partial charge in [-0.05, 0) is 80.6 Å². The maximum Gasteiger partial charge on any atom is 0.332 e. The minimum absolute atomic E-state index is 0.535. The van der Waals surface area contributed by atoms with Gasteiger partial charge in [0.1, 0.15) is 0 Å². The van der Waals surface area contributed by atoms with Crippen molar-refractivity contribution in [1.29, 1.82) is 0 Å². The Morgan fingerprint density at radius 3 is 2.57 bits per heavy atom. The van der Waals surface area contributed by atoms with Crippen LogP contribution in [-0.4, -0.2) is 49.2 Å².